The number of benzene rings is 3. The van der Waals surface area contributed by atoms with Crippen LogP contribution in [0.2, 0.25) is 0 Å². The fourth-order valence-electron chi connectivity index (χ4n) is 2.65. The summed E-state index contributed by atoms with van der Waals surface area (Å²) in [5.74, 6) is 0. The standard InChI is InChI=1S/C20H18INO2S/c1-15-11-13-16(14-12-15)25(23,24)22(2)20-10-6-4-8-18(20)17-7-3-5-9-19(17)21/h3-14H,1-2H3. The summed E-state index contributed by atoms with van der Waals surface area (Å²) in [7, 11) is -2.02. The third kappa shape index (κ3) is 3.57. The van der Waals surface area contributed by atoms with Gasteiger partial charge in [0.25, 0.3) is 10.0 Å². The lowest BCUT2D eigenvalue weighted by Crippen LogP contribution is -2.27. The summed E-state index contributed by atoms with van der Waals surface area (Å²) in [5, 5.41) is 0. The molecule has 0 N–H and O–H groups in total. The van der Waals surface area contributed by atoms with E-state index in [0.717, 1.165) is 20.3 Å². The highest BCUT2D eigenvalue weighted by atomic mass is 127. The van der Waals surface area contributed by atoms with Crippen LogP contribution in [-0.4, -0.2) is 15.5 Å². The minimum Gasteiger partial charge on any atom is -0.269 e. The SMILES string of the molecule is Cc1ccc(S(=O)(=O)N(C)c2ccccc2-c2ccccc2I)cc1. The van der Waals surface area contributed by atoms with E-state index in [9.17, 15) is 8.42 Å². The number of anilines is 1. The molecule has 0 bridgehead atoms. The van der Waals surface area contributed by atoms with Gasteiger partial charge < -0.3 is 0 Å². The van der Waals surface area contributed by atoms with Crippen LogP contribution in [0.3, 0.4) is 0 Å². The summed E-state index contributed by atoms with van der Waals surface area (Å²) in [4.78, 5) is 0.290. The molecule has 0 saturated carbocycles. The second-order valence-corrected chi connectivity index (χ2v) is 8.91. The molecule has 0 aliphatic carbocycles. The van der Waals surface area contributed by atoms with E-state index < -0.39 is 10.0 Å². The topological polar surface area (TPSA) is 37.4 Å². The van der Waals surface area contributed by atoms with Crippen LogP contribution in [0.15, 0.2) is 77.7 Å². The van der Waals surface area contributed by atoms with Crippen molar-refractivity contribution in [1.29, 1.82) is 0 Å². The summed E-state index contributed by atoms with van der Waals surface area (Å²) in [6.07, 6.45) is 0. The van der Waals surface area contributed by atoms with Gasteiger partial charge in [-0.25, -0.2) is 8.42 Å². The van der Waals surface area contributed by atoms with Crippen LogP contribution in [0.25, 0.3) is 11.1 Å². The van der Waals surface area contributed by atoms with Crippen LogP contribution in [0.1, 0.15) is 5.56 Å². The molecule has 5 heteroatoms. The van der Waals surface area contributed by atoms with Crippen LogP contribution < -0.4 is 4.31 Å². The molecule has 0 atom stereocenters. The monoisotopic (exact) mass is 463 g/mol. The van der Waals surface area contributed by atoms with Gasteiger partial charge >= 0.3 is 0 Å². The van der Waals surface area contributed by atoms with Crippen LogP contribution in [0.4, 0.5) is 5.69 Å². The zero-order valence-electron chi connectivity index (χ0n) is 14.0. The molecular weight excluding hydrogens is 445 g/mol. The summed E-state index contributed by atoms with van der Waals surface area (Å²) in [6, 6.07) is 22.4. The number of aryl methyl sites for hydroxylation is 1. The smallest absolute Gasteiger partial charge is 0.264 e. The number of para-hydroxylation sites is 1. The molecule has 128 valence electrons. The van der Waals surface area contributed by atoms with Crippen molar-refractivity contribution < 1.29 is 8.42 Å². The summed E-state index contributed by atoms with van der Waals surface area (Å²) in [6.45, 7) is 1.94. The van der Waals surface area contributed by atoms with Gasteiger partial charge in [-0.3, -0.25) is 4.31 Å². The van der Waals surface area contributed by atoms with Gasteiger partial charge in [-0.2, -0.15) is 0 Å². The Labute approximate surface area is 162 Å². The summed E-state index contributed by atoms with van der Waals surface area (Å²) < 4.78 is 28.5. The first kappa shape index (κ1) is 17.9. The van der Waals surface area contributed by atoms with Crippen molar-refractivity contribution in [1.82, 2.24) is 0 Å². The molecule has 3 nitrogen and oxygen atoms in total. The number of sulfonamides is 1. The third-order valence-electron chi connectivity index (χ3n) is 4.09. The van der Waals surface area contributed by atoms with Gasteiger partial charge in [0.05, 0.1) is 10.6 Å². The van der Waals surface area contributed by atoms with Gasteiger partial charge in [0.15, 0.2) is 0 Å². The molecule has 0 spiro atoms. The molecule has 0 fully saturated rings. The maximum absolute atomic E-state index is 13.0. The molecule has 25 heavy (non-hydrogen) atoms. The first-order valence-electron chi connectivity index (χ1n) is 7.81. The highest BCUT2D eigenvalue weighted by molar-refractivity contribution is 14.1. The van der Waals surface area contributed by atoms with Crippen LogP contribution in [0, 0.1) is 10.5 Å². The summed E-state index contributed by atoms with van der Waals surface area (Å²) in [5.41, 5.74) is 3.60. The lowest BCUT2D eigenvalue weighted by atomic mass is 10.0. The Bertz CT molecular complexity index is 998. The first-order chi connectivity index (χ1) is 11.9. The first-order valence-corrected chi connectivity index (χ1v) is 10.3. The molecule has 0 heterocycles. The molecule has 3 aromatic carbocycles. The Hall–Kier alpha value is -1.86. The fraction of sp³-hybridized carbons (Fsp3) is 0.100. The van der Waals surface area contributed by atoms with E-state index in [1.54, 1.807) is 19.2 Å². The second-order valence-electron chi connectivity index (χ2n) is 5.78. The van der Waals surface area contributed by atoms with Crippen LogP contribution in [0.5, 0.6) is 0 Å². The van der Waals surface area contributed by atoms with Crippen molar-refractivity contribution >= 4 is 38.3 Å². The number of hydrogen-bond donors (Lipinski definition) is 0. The minimum atomic E-state index is -3.62. The van der Waals surface area contributed by atoms with Crippen LogP contribution >= 0.6 is 22.6 Å². The van der Waals surface area contributed by atoms with Gasteiger partial charge in [0.1, 0.15) is 0 Å². The normalized spacial score (nSPS) is 11.3. The number of nitrogens with zero attached hydrogens (tertiary/aromatic N) is 1. The van der Waals surface area contributed by atoms with E-state index in [1.165, 1.54) is 4.31 Å². The van der Waals surface area contributed by atoms with Gasteiger partial charge in [0, 0.05) is 16.2 Å². The molecule has 0 aromatic heterocycles. The van der Waals surface area contributed by atoms with E-state index >= 15 is 0 Å². The van der Waals surface area contributed by atoms with E-state index in [2.05, 4.69) is 22.6 Å². The van der Waals surface area contributed by atoms with Gasteiger partial charge in [-0.05, 0) is 59.3 Å². The Morgan fingerprint density at radius 3 is 2.00 bits per heavy atom. The van der Waals surface area contributed by atoms with Gasteiger partial charge in [-0.15, -0.1) is 0 Å². The molecule has 0 aliphatic heterocycles. The third-order valence-corrected chi connectivity index (χ3v) is 6.81. The highest BCUT2D eigenvalue weighted by Gasteiger charge is 2.23. The average Bonchev–Trinajstić information content (AvgIpc) is 2.62. The van der Waals surface area contributed by atoms with Crippen molar-refractivity contribution in [2.45, 2.75) is 11.8 Å². The van der Waals surface area contributed by atoms with Crippen molar-refractivity contribution in [3.8, 4) is 11.1 Å². The summed E-state index contributed by atoms with van der Waals surface area (Å²) >= 11 is 2.27. The lowest BCUT2D eigenvalue weighted by molar-refractivity contribution is 0.594. The van der Waals surface area contributed by atoms with Gasteiger partial charge in [-0.1, -0.05) is 54.1 Å². The zero-order valence-corrected chi connectivity index (χ0v) is 17.0. The zero-order chi connectivity index (χ0) is 18.0. The maximum Gasteiger partial charge on any atom is 0.264 e. The molecular formula is C20H18INO2S. The quantitative estimate of drug-likeness (QED) is 0.506. The predicted octanol–water partition coefficient (Wildman–Crippen LogP) is 5.09. The second kappa shape index (κ2) is 7.17. The number of halogens is 1. The van der Waals surface area contributed by atoms with Gasteiger partial charge in [0.2, 0.25) is 0 Å². The molecule has 0 aliphatic rings. The predicted molar refractivity (Wildman–Crippen MR) is 111 cm³/mol. The average molecular weight is 463 g/mol. The van der Waals surface area contributed by atoms with Crippen LogP contribution in [-0.2, 0) is 10.0 Å². The molecule has 3 rings (SSSR count). The van der Waals surface area contributed by atoms with E-state index in [4.69, 9.17) is 0 Å². The number of hydrogen-bond acceptors (Lipinski definition) is 2. The van der Waals surface area contributed by atoms with Crippen molar-refractivity contribution in [2.24, 2.45) is 0 Å². The van der Waals surface area contributed by atoms with Crippen molar-refractivity contribution in [3.63, 3.8) is 0 Å². The lowest BCUT2D eigenvalue weighted by Gasteiger charge is -2.23. The van der Waals surface area contributed by atoms with E-state index in [0.29, 0.717) is 5.69 Å². The molecule has 0 saturated heterocycles. The Morgan fingerprint density at radius 1 is 0.800 bits per heavy atom. The Kier molecular flexibility index (Phi) is 5.15. The fourth-order valence-corrected chi connectivity index (χ4v) is 4.55. The molecule has 0 unspecified atom stereocenters. The molecule has 3 aromatic rings. The molecule has 0 amide bonds. The van der Waals surface area contributed by atoms with E-state index in [-0.39, 0.29) is 4.90 Å². The largest absolute Gasteiger partial charge is 0.269 e. The van der Waals surface area contributed by atoms with Crippen molar-refractivity contribution in [3.05, 3.63) is 81.9 Å². The Balaban J connectivity index is 2.11. The maximum atomic E-state index is 13.0. The number of rotatable bonds is 4. The van der Waals surface area contributed by atoms with E-state index in [1.807, 2.05) is 67.6 Å². The Morgan fingerprint density at radius 2 is 1.36 bits per heavy atom. The highest BCUT2D eigenvalue weighted by Crippen LogP contribution is 2.35. The van der Waals surface area contributed by atoms with Crippen molar-refractivity contribution in [2.75, 3.05) is 11.4 Å². The molecule has 0 radical (unpaired) electrons. The minimum absolute atomic E-state index is 0.290.